The average molecular weight is 308 g/mol. The summed E-state index contributed by atoms with van der Waals surface area (Å²) in [6.07, 6.45) is 1.74. The Hall–Kier alpha value is -1.49. The summed E-state index contributed by atoms with van der Waals surface area (Å²) in [6.45, 7) is 10.9. The highest BCUT2D eigenvalue weighted by atomic mass is 16.6. The molecule has 0 aromatic carbocycles. The van der Waals surface area contributed by atoms with E-state index < -0.39 is 5.60 Å². The molecule has 124 valence electrons. The minimum Gasteiger partial charge on any atom is -0.465 e. The number of aryl methyl sites for hydroxylation is 1. The Balaban J connectivity index is 1.69. The standard InChI is InChI=1S/C17H28N2O3/c1-5-14-6-7-15(21-14)11-18-10-13-8-9-19(12-13)16(20)22-17(2,3)4/h6-7,13,18H,5,8-12H2,1-4H3. The maximum absolute atomic E-state index is 12.0. The fourth-order valence-corrected chi connectivity index (χ4v) is 2.60. The summed E-state index contributed by atoms with van der Waals surface area (Å²) in [5, 5.41) is 3.42. The van der Waals surface area contributed by atoms with Gasteiger partial charge in [0.15, 0.2) is 0 Å². The number of likely N-dealkylation sites (tertiary alicyclic amines) is 1. The van der Waals surface area contributed by atoms with E-state index in [0.717, 1.165) is 50.5 Å². The fraction of sp³-hybridized carbons (Fsp3) is 0.706. The molecule has 2 heterocycles. The molecule has 0 spiro atoms. The molecule has 1 atom stereocenters. The number of nitrogens with zero attached hydrogens (tertiary/aromatic N) is 1. The summed E-state index contributed by atoms with van der Waals surface area (Å²) in [5.41, 5.74) is -0.427. The van der Waals surface area contributed by atoms with Gasteiger partial charge in [0.2, 0.25) is 0 Å². The molecule has 1 N–H and O–H groups in total. The Morgan fingerprint density at radius 1 is 1.41 bits per heavy atom. The Morgan fingerprint density at radius 3 is 2.77 bits per heavy atom. The lowest BCUT2D eigenvalue weighted by Gasteiger charge is -2.24. The van der Waals surface area contributed by atoms with Gasteiger partial charge in [-0.15, -0.1) is 0 Å². The molecule has 2 rings (SSSR count). The number of carbonyl (C=O) groups is 1. The molecule has 1 amide bonds. The topological polar surface area (TPSA) is 54.7 Å². The molecular weight excluding hydrogens is 280 g/mol. The number of nitrogens with one attached hydrogen (secondary N) is 1. The largest absolute Gasteiger partial charge is 0.465 e. The first-order valence-electron chi connectivity index (χ1n) is 8.13. The van der Waals surface area contributed by atoms with Crippen LogP contribution in [0.5, 0.6) is 0 Å². The van der Waals surface area contributed by atoms with Crippen LogP contribution in [0.1, 0.15) is 45.6 Å². The summed E-state index contributed by atoms with van der Waals surface area (Å²) in [7, 11) is 0. The van der Waals surface area contributed by atoms with Crippen molar-refractivity contribution < 1.29 is 13.9 Å². The Kier molecular flexibility index (Phi) is 5.51. The number of hydrogen-bond acceptors (Lipinski definition) is 4. The van der Waals surface area contributed by atoms with Crippen LogP contribution in [0.2, 0.25) is 0 Å². The SMILES string of the molecule is CCc1ccc(CNCC2CCN(C(=O)OC(C)(C)C)C2)o1. The molecule has 1 aliphatic rings. The van der Waals surface area contributed by atoms with Gasteiger partial charge in [-0.05, 0) is 45.2 Å². The van der Waals surface area contributed by atoms with Crippen LogP contribution >= 0.6 is 0 Å². The van der Waals surface area contributed by atoms with Gasteiger partial charge < -0.3 is 19.4 Å². The first kappa shape index (κ1) is 16.9. The summed E-state index contributed by atoms with van der Waals surface area (Å²) >= 11 is 0. The van der Waals surface area contributed by atoms with E-state index in [-0.39, 0.29) is 6.09 Å². The van der Waals surface area contributed by atoms with E-state index in [1.807, 2.05) is 32.9 Å². The molecule has 0 saturated carbocycles. The van der Waals surface area contributed by atoms with Gasteiger partial charge in [0, 0.05) is 26.1 Å². The molecule has 22 heavy (non-hydrogen) atoms. The van der Waals surface area contributed by atoms with Crippen LogP contribution in [-0.4, -0.2) is 36.2 Å². The number of hydrogen-bond donors (Lipinski definition) is 1. The molecule has 1 unspecified atom stereocenters. The lowest BCUT2D eigenvalue weighted by molar-refractivity contribution is 0.0288. The number of furan rings is 1. The molecular formula is C17H28N2O3. The van der Waals surface area contributed by atoms with Crippen LogP contribution < -0.4 is 5.32 Å². The highest BCUT2D eigenvalue weighted by Gasteiger charge is 2.29. The zero-order valence-corrected chi connectivity index (χ0v) is 14.1. The van der Waals surface area contributed by atoms with E-state index in [1.165, 1.54) is 0 Å². The van der Waals surface area contributed by atoms with Crippen molar-refractivity contribution >= 4 is 6.09 Å². The van der Waals surface area contributed by atoms with Crippen molar-refractivity contribution in [2.75, 3.05) is 19.6 Å². The van der Waals surface area contributed by atoms with Gasteiger partial charge >= 0.3 is 6.09 Å². The van der Waals surface area contributed by atoms with E-state index >= 15 is 0 Å². The van der Waals surface area contributed by atoms with Crippen LogP contribution in [0.25, 0.3) is 0 Å². The van der Waals surface area contributed by atoms with E-state index in [9.17, 15) is 4.79 Å². The Morgan fingerprint density at radius 2 is 2.14 bits per heavy atom. The van der Waals surface area contributed by atoms with Gasteiger partial charge in [-0.25, -0.2) is 4.79 Å². The van der Waals surface area contributed by atoms with E-state index in [0.29, 0.717) is 5.92 Å². The average Bonchev–Trinajstić information content (AvgIpc) is 3.05. The van der Waals surface area contributed by atoms with E-state index in [2.05, 4.69) is 12.2 Å². The quantitative estimate of drug-likeness (QED) is 0.907. The Labute approximate surface area is 133 Å². The van der Waals surface area contributed by atoms with Crippen LogP contribution in [0.15, 0.2) is 16.5 Å². The molecule has 1 aliphatic heterocycles. The molecule has 1 fully saturated rings. The minimum atomic E-state index is -0.427. The third kappa shape index (κ3) is 5.05. The molecule has 0 aliphatic carbocycles. The maximum atomic E-state index is 12.0. The molecule has 1 aromatic heterocycles. The summed E-state index contributed by atoms with van der Waals surface area (Å²) in [4.78, 5) is 13.8. The van der Waals surface area contributed by atoms with Crippen molar-refractivity contribution in [1.29, 1.82) is 0 Å². The highest BCUT2D eigenvalue weighted by molar-refractivity contribution is 5.68. The second-order valence-corrected chi connectivity index (χ2v) is 6.93. The predicted octanol–water partition coefficient (Wildman–Crippen LogP) is 3.19. The predicted molar refractivity (Wildman–Crippen MR) is 85.7 cm³/mol. The lowest BCUT2D eigenvalue weighted by atomic mass is 10.1. The second kappa shape index (κ2) is 7.18. The molecule has 5 nitrogen and oxygen atoms in total. The number of rotatable bonds is 5. The smallest absolute Gasteiger partial charge is 0.410 e. The minimum absolute atomic E-state index is 0.200. The van der Waals surface area contributed by atoms with Crippen molar-refractivity contribution in [3.05, 3.63) is 23.7 Å². The zero-order valence-electron chi connectivity index (χ0n) is 14.1. The van der Waals surface area contributed by atoms with Crippen molar-refractivity contribution in [2.24, 2.45) is 5.92 Å². The van der Waals surface area contributed by atoms with Gasteiger partial charge in [-0.2, -0.15) is 0 Å². The van der Waals surface area contributed by atoms with Crippen molar-refractivity contribution in [3.8, 4) is 0 Å². The van der Waals surface area contributed by atoms with E-state index in [4.69, 9.17) is 9.15 Å². The lowest BCUT2D eigenvalue weighted by Crippen LogP contribution is -2.36. The normalized spacial score (nSPS) is 18.7. The van der Waals surface area contributed by atoms with Crippen molar-refractivity contribution in [1.82, 2.24) is 10.2 Å². The van der Waals surface area contributed by atoms with E-state index in [1.54, 1.807) is 4.90 Å². The number of amides is 1. The van der Waals surface area contributed by atoms with Gasteiger partial charge in [-0.3, -0.25) is 0 Å². The van der Waals surface area contributed by atoms with Crippen molar-refractivity contribution in [3.63, 3.8) is 0 Å². The third-order valence-electron chi connectivity index (χ3n) is 3.74. The summed E-state index contributed by atoms with van der Waals surface area (Å²) < 4.78 is 11.1. The fourth-order valence-electron chi connectivity index (χ4n) is 2.60. The monoisotopic (exact) mass is 308 g/mol. The summed E-state index contributed by atoms with van der Waals surface area (Å²) in [5.74, 6) is 2.47. The maximum Gasteiger partial charge on any atom is 0.410 e. The van der Waals surface area contributed by atoms with Crippen LogP contribution in [0.3, 0.4) is 0 Å². The highest BCUT2D eigenvalue weighted by Crippen LogP contribution is 2.19. The first-order chi connectivity index (χ1) is 10.4. The first-order valence-corrected chi connectivity index (χ1v) is 8.13. The third-order valence-corrected chi connectivity index (χ3v) is 3.74. The Bertz CT molecular complexity index is 490. The van der Waals surface area contributed by atoms with Gasteiger partial charge in [0.1, 0.15) is 17.1 Å². The molecule has 1 aromatic rings. The van der Waals surface area contributed by atoms with Gasteiger partial charge in [0.05, 0.1) is 6.54 Å². The summed E-state index contributed by atoms with van der Waals surface area (Å²) in [6, 6.07) is 4.05. The van der Waals surface area contributed by atoms with Gasteiger partial charge in [-0.1, -0.05) is 6.92 Å². The number of carbonyl (C=O) groups excluding carboxylic acids is 1. The number of ether oxygens (including phenoxy) is 1. The van der Waals surface area contributed by atoms with Crippen LogP contribution in [-0.2, 0) is 17.7 Å². The van der Waals surface area contributed by atoms with Gasteiger partial charge in [0.25, 0.3) is 0 Å². The zero-order chi connectivity index (χ0) is 16.2. The molecule has 0 radical (unpaired) electrons. The second-order valence-electron chi connectivity index (χ2n) is 6.93. The van der Waals surface area contributed by atoms with Crippen LogP contribution in [0, 0.1) is 5.92 Å². The van der Waals surface area contributed by atoms with Crippen molar-refractivity contribution in [2.45, 2.75) is 52.7 Å². The van der Waals surface area contributed by atoms with Crippen LogP contribution in [0.4, 0.5) is 4.79 Å². The molecule has 1 saturated heterocycles. The molecule has 5 heteroatoms. The molecule has 0 bridgehead atoms.